The zero-order chi connectivity index (χ0) is 16.7. The van der Waals surface area contributed by atoms with Crippen LogP contribution in [0.25, 0.3) is 10.2 Å². The molecule has 1 unspecified atom stereocenters. The summed E-state index contributed by atoms with van der Waals surface area (Å²) in [5.74, 6) is -1.41. The minimum Gasteiger partial charge on any atom is -0.480 e. The van der Waals surface area contributed by atoms with Crippen LogP contribution in [0, 0.1) is 3.57 Å². The lowest BCUT2D eigenvalue weighted by Crippen LogP contribution is -2.44. The highest BCUT2D eigenvalue weighted by molar-refractivity contribution is 14.1. The van der Waals surface area contributed by atoms with Crippen LogP contribution in [-0.4, -0.2) is 35.1 Å². The van der Waals surface area contributed by atoms with Gasteiger partial charge in [-0.1, -0.05) is 11.3 Å². The SMILES string of the molecule is CC(CCn1c(=O)sc2cc(I)ccc21)(C(=O)O)S(C)(=O)=O. The first-order valence-corrected chi connectivity index (χ1v) is 10.1. The second kappa shape index (κ2) is 5.93. The molecule has 22 heavy (non-hydrogen) atoms. The summed E-state index contributed by atoms with van der Waals surface area (Å²) >= 11 is 3.21. The minimum atomic E-state index is -3.80. The van der Waals surface area contributed by atoms with Crippen molar-refractivity contribution in [3.05, 3.63) is 31.4 Å². The number of nitrogens with zero attached hydrogens (tertiary/aromatic N) is 1. The number of hydrogen-bond donors (Lipinski definition) is 1. The van der Waals surface area contributed by atoms with Crippen LogP contribution in [0.4, 0.5) is 0 Å². The molecule has 120 valence electrons. The zero-order valence-corrected chi connectivity index (χ0v) is 15.7. The molecule has 0 fully saturated rings. The average molecular weight is 455 g/mol. The molecule has 1 aromatic carbocycles. The molecule has 0 amide bonds. The van der Waals surface area contributed by atoms with Crippen molar-refractivity contribution in [3.63, 3.8) is 0 Å². The van der Waals surface area contributed by atoms with Crippen LogP contribution < -0.4 is 4.87 Å². The number of carbonyl (C=O) groups is 1. The Morgan fingerprint density at radius 1 is 1.45 bits per heavy atom. The first-order valence-electron chi connectivity index (χ1n) is 6.28. The largest absolute Gasteiger partial charge is 0.480 e. The maximum atomic E-state index is 12.1. The highest BCUT2D eigenvalue weighted by Gasteiger charge is 2.43. The summed E-state index contributed by atoms with van der Waals surface area (Å²) in [5, 5.41) is 9.25. The predicted molar refractivity (Wildman–Crippen MR) is 94.3 cm³/mol. The van der Waals surface area contributed by atoms with Crippen molar-refractivity contribution in [3.8, 4) is 0 Å². The number of thiazole rings is 1. The van der Waals surface area contributed by atoms with Gasteiger partial charge in [0.25, 0.3) is 0 Å². The van der Waals surface area contributed by atoms with Gasteiger partial charge < -0.3 is 5.11 Å². The molecule has 0 aliphatic rings. The summed E-state index contributed by atoms with van der Waals surface area (Å²) < 4.78 is 24.9. The first kappa shape index (κ1) is 17.4. The van der Waals surface area contributed by atoms with E-state index in [1.165, 1.54) is 11.5 Å². The van der Waals surface area contributed by atoms with Gasteiger partial charge in [-0.15, -0.1) is 0 Å². The fourth-order valence-electron chi connectivity index (χ4n) is 2.03. The van der Waals surface area contributed by atoms with E-state index in [0.29, 0.717) is 5.52 Å². The third-order valence-corrected chi connectivity index (χ3v) is 7.34. The molecule has 1 aromatic heterocycles. The van der Waals surface area contributed by atoms with Gasteiger partial charge in [-0.2, -0.15) is 0 Å². The molecule has 2 aromatic rings. The van der Waals surface area contributed by atoms with Crippen LogP contribution in [-0.2, 0) is 21.2 Å². The van der Waals surface area contributed by atoms with Crippen LogP contribution in [0.5, 0.6) is 0 Å². The molecule has 0 aliphatic heterocycles. The minimum absolute atomic E-state index is 0.0370. The quantitative estimate of drug-likeness (QED) is 0.696. The zero-order valence-electron chi connectivity index (χ0n) is 11.9. The third-order valence-electron chi connectivity index (χ3n) is 3.71. The van der Waals surface area contributed by atoms with Crippen molar-refractivity contribution in [2.75, 3.05) is 6.26 Å². The Labute approximate surface area is 144 Å². The molecule has 0 aliphatic carbocycles. The van der Waals surface area contributed by atoms with E-state index in [-0.39, 0.29) is 17.8 Å². The van der Waals surface area contributed by atoms with Crippen LogP contribution in [0.15, 0.2) is 23.0 Å². The highest BCUT2D eigenvalue weighted by Crippen LogP contribution is 2.25. The summed E-state index contributed by atoms with van der Waals surface area (Å²) in [6, 6.07) is 5.50. The predicted octanol–water partition coefficient (Wildman–Crippen LogP) is 1.95. The van der Waals surface area contributed by atoms with Crippen molar-refractivity contribution >= 4 is 60.0 Å². The molecule has 0 radical (unpaired) electrons. The molecule has 0 saturated carbocycles. The molecule has 2 rings (SSSR count). The Balaban J connectivity index is 2.42. The van der Waals surface area contributed by atoms with Crippen molar-refractivity contribution in [1.29, 1.82) is 0 Å². The number of halogens is 1. The number of sulfone groups is 1. The monoisotopic (exact) mass is 455 g/mol. The van der Waals surface area contributed by atoms with E-state index in [9.17, 15) is 23.1 Å². The van der Waals surface area contributed by atoms with Crippen LogP contribution in [0.2, 0.25) is 0 Å². The van der Waals surface area contributed by atoms with Gasteiger partial charge in [0, 0.05) is 16.4 Å². The molecular formula is C13H14INO5S2. The maximum absolute atomic E-state index is 12.1. The summed E-state index contributed by atoms with van der Waals surface area (Å²) in [6.07, 6.45) is 0.733. The number of aryl methyl sites for hydroxylation is 1. The Hall–Kier alpha value is -0.940. The fourth-order valence-corrected chi connectivity index (χ4v) is 4.47. The number of aliphatic carboxylic acids is 1. The number of carboxylic acid groups (broad SMARTS) is 1. The number of aromatic nitrogens is 1. The van der Waals surface area contributed by atoms with Crippen molar-refractivity contribution in [1.82, 2.24) is 4.57 Å². The Morgan fingerprint density at radius 2 is 2.09 bits per heavy atom. The lowest BCUT2D eigenvalue weighted by atomic mass is 10.1. The maximum Gasteiger partial charge on any atom is 0.324 e. The van der Waals surface area contributed by atoms with Gasteiger partial charge in [-0.25, -0.2) is 8.42 Å². The lowest BCUT2D eigenvalue weighted by Gasteiger charge is -2.22. The van der Waals surface area contributed by atoms with E-state index >= 15 is 0 Å². The van der Waals surface area contributed by atoms with E-state index in [4.69, 9.17) is 0 Å². The van der Waals surface area contributed by atoms with E-state index < -0.39 is 20.6 Å². The fraction of sp³-hybridized carbons (Fsp3) is 0.385. The second-order valence-corrected chi connectivity index (χ2v) is 9.87. The van der Waals surface area contributed by atoms with Gasteiger partial charge in [-0.05, 0) is 54.1 Å². The van der Waals surface area contributed by atoms with E-state index in [1.54, 1.807) is 6.07 Å². The van der Waals surface area contributed by atoms with Gasteiger partial charge in [0.1, 0.15) is 0 Å². The molecule has 6 nitrogen and oxygen atoms in total. The molecular weight excluding hydrogens is 441 g/mol. The van der Waals surface area contributed by atoms with Crippen LogP contribution in [0.3, 0.4) is 0 Å². The van der Waals surface area contributed by atoms with Gasteiger partial charge in [-0.3, -0.25) is 14.2 Å². The highest BCUT2D eigenvalue weighted by atomic mass is 127. The summed E-state index contributed by atoms with van der Waals surface area (Å²) in [7, 11) is -3.80. The number of benzene rings is 1. The number of carboxylic acids is 1. The average Bonchev–Trinajstić information content (AvgIpc) is 2.69. The smallest absolute Gasteiger partial charge is 0.324 e. The lowest BCUT2D eigenvalue weighted by molar-refractivity contribution is -0.139. The van der Waals surface area contributed by atoms with Crippen molar-refractivity contribution < 1.29 is 18.3 Å². The third kappa shape index (κ3) is 3.06. The Bertz CT molecular complexity index is 899. The van der Waals surface area contributed by atoms with Crippen LogP contribution in [0.1, 0.15) is 13.3 Å². The second-order valence-electron chi connectivity index (χ2n) is 5.19. The summed E-state index contributed by atoms with van der Waals surface area (Å²) in [6.45, 7) is 1.21. The first-order chi connectivity index (χ1) is 10.1. The van der Waals surface area contributed by atoms with Crippen molar-refractivity contribution in [2.24, 2.45) is 0 Å². The van der Waals surface area contributed by atoms with E-state index in [2.05, 4.69) is 22.6 Å². The summed E-state index contributed by atoms with van der Waals surface area (Å²) in [4.78, 5) is 23.2. The van der Waals surface area contributed by atoms with Crippen LogP contribution >= 0.6 is 33.9 Å². The van der Waals surface area contributed by atoms with E-state index in [1.807, 2.05) is 12.1 Å². The summed E-state index contributed by atoms with van der Waals surface area (Å²) in [5.41, 5.74) is 0.691. The topological polar surface area (TPSA) is 93.4 Å². The van der Waals surface area contributed by atoms with Gasteiger partial charge >= 0.3 is 10.8 Å². The standard InChI is InChI=1S/C13H14INO5S2/c1-13(11(16)17,22(2,19)20)5-6-15-9-4-3-8(14)7-10(9)21-12(15)18/h3-4,7H,5-6H2,1-2H3,(H,16,17). The molecule has 0 spiro atoms. The number of hydrogen-bond acceptors (Lipinski definition) is 5. The molecule has 1 atom stereocenters. The Kier molecular flexibility index (Phi) is 4.69. The number of fused-ring (bicyclic) bond motifs is 1. The van der Waals surface area contributed by atoms with Gasteiger partial charge in [0.05, 0.1) is 10.2 Å². The molecule has 0 bridgehead atoms. The molecule has 0 saturated heterocycles. The van der Waals surface area contributed by atoms with Crippen molar-refractivity contribution in [2.45, 2.75) is 24.6 Å². The van der Waals surface area contributed by atoms with E-state index in [0.717, 1.165) is 25.9 Å². The normalized spacial score (nSPS) is 14.9. The number of rotatable bonds is 5. The Morgan fingerprint density at radius 3 is 2.64 bits per heavy atom. The molecule has 1 N–H and O–H groups in total. The molecule has 1 heterocycles. The van der Waals surface area contributed by atoms with Gasteiger partial charge in [0.2, 0.25) is 0 Å². The van der Waals surface area contributed by atoms with Gasteiger partial charge in [0.15, 0.2) is 14.6 Å². The molecule has 9 heteroatoms.